The highest BCUT2D eigenvalue weighted by Crippen LogP contribution is 2.24. The second-order valence-corrected chi connectivity index (χ2v) is 6.99. The van der Waals surface area contributed by atoms with Gasteiger partial charge in [0.2, 0.25) is 0 Å². The van der Waals surface area contributed by atoms with Crippen LogP contribution in [0.15, 0.2) is 43.1 Å². The SMILES string of the molecule is Cc1ncc(-c2cnc3cnc(NC(=O)c4cnn(C(C)C)c4)cc3c2)n1C. The molecule has 0 spiro atoms. The molecule has 8 heteroatoms. The van der Waals surface area contributed by atoms with E-state index in [4.69, 9.17) is 0 Å². The van der Waals surface area contributed by atoms with Crippen LogP contribution >= 0.6 is 0 Å². The molecule has 4 aromatic heterocycles. The summed E-state index contributed by atoms with van der Waals surface area (Å²) in [5.74, 6) is 1.15. The van der Waals surface area contributed by atoms with E-state index >= 15 is 0 Å². The highest BCUT2D eigenvalue weighted by atomic mass is 16.1. The minimum Gasteiger partial charge on any atom is -0.331 e. The molecule has 4 rings (SSSR count). The van der Waals surface area contributed by atoms with Crippen molar-refractivity contribution in [3.63, 3.8) is 0 Å². The Morgan fingerprint density at radius 2 is 1.89 bits per heavy atom. The predicted octanol–water partition coefficient (Wildman–Crippen LogP) is 3.37. The van der Waals surface area contributed by atoms with E-state index in [-0.39, 0.29) is 11.9 Å². The fourth-order valence-electron chi connectivity index (χ4n) is 2.94. The molecular formula is C20H21N7O. The molecule has 8 nitrogen and oxygen atoms in total. The van der Waals surface area contributed by atoms with Crippen LogP contribution in [0.3, 0.4) is 0 Å². The van der Waals surface area contributed by atoms with Crippen LogP contribution in [0.4, 0.5) is 5.82 Å². The summed E-state index contributed by atoms with van der Waals surface area (Å²) in [6.45, 7) is 5.97. The van der Waals surface area contributed by atoms with Crippen LogP contribution in [-0.4, -0.2) is 35.2 Å². The van der Waals surface area contributed by atoms with Crippen molar-refractivity contribution in [3.05, 3.63) is 54.5 Å². The molecule has 0 bridgehead atoms. The number of fused-ring (bicyclic) bond motifs is 1. The number of aryl methyl sites for hydroxylation is 1. The number of nitrogens with zero attached hydrogens (tertiary/aromatic N) is 6. The number of hydrogen-bond donors (Lipinski definition) is 1. The molecular weight excluding hydrogens is 354 g/mol. The maximum atomic E-state index is 12.5. The molecule has 1 amide bonds. The Morgan fingerprint density at radius 3 is 2.57 bits per heavy atom. The van der Waals surface area contributed by atoms with Gasteiger partial charge < -0.3 is 9.88 Å². The fraction of sp³-hybridized carbons (Fsp3) is 0.250. The van der Waals surface area contributed by atoms with Crippen LogP contribution in [0.25, 0.3) is 22.2 Å². The third-order valence-electron chi connectivity index (χ3n) is 4.72. The number of pyridine rings is 2. The number of rotatable bonds is 4. The lowest BCUT2D eigenvalue weighted by Crippen LogP contribution is -2.12. The van der Waals surface area contributed by atoms with Crippen molar-refractivity contribution in [2.24, 2.45) is 7.05 Å². The summed E-state index contributed by atoms with van der Waals surface area (Å²) in [5, 5.41) is 7.92. The van der Waals surface area contributed by atoms with Crippen LogP contribution in [0, 0.1) is 6.92 Å². The number of hydrogen-bond acceptors (Lipinski definition) is 5. The smallest absolute Gasteiger partial charge is 0.260 e. The van der Waals surface area contributed by atoms with E-state index in [1.54, 1.807) is 29.5 Å². The molecule has 0 saturated heterocycles. The van der Waals surface area contributed by atoms with Gasteiger partial charge in [-0.25, -0.2) is 9.97 Å². The Morgan fingerprint density at radius 1 is 1.07 bits per heavy atom. The van der Waals surface area contributed by atoms with Crippen molar-refractivity contribution >= 4 is 22.6 Å². The lowest BCUT2D eigenvalue weighted by Gasteiger charge is -2.07. The van der Waals surface area contributed by atoms with Gasteiger partial charge in [0.15, 0.2) is 0 Å². The van der Waals surface area contributed by atoms with Gasteiger partial charge in [-0.15, -0.1) is 0 Å². The Balaban J connectivity index is 1.62. The minimum atomic E-state index is -0.245. The lowest BCUT2D eigenvalue weighted by molar-refractivity contribution is 0.102. The zero-order valence-corrected chi connectivity index (χ0v) is 16.2. The molecule has 142 valence electrons. The average molecular weight is 375 g/mol. The molecule has 0 atom stereocenters. The summed E-state index contributed by atoms with van der Waals surface area (Å²) in [6.07, 6.45) is 8.57. The van der Waals surface area contributed by atoms with Gasteiger partial charge in [-0.3, -0.25) is 14.5 Å². The lowest BCUT2D eigenvalue weighted by atomic mass is 10.1. The number of carbonyl (C=O) groups is 1. The number of amides is 1. The van der Waals surface area contributed by atoms with Crippen LogP contribution in [-0.2, 0) is 7.05 Å². The fourth-order valence-corrected chi connectivity index (χ4v) is 2.94. The van der Waals surface area contributed by atoms with Crippen LogP contribution in [0.2, 0.25) is 0 Å². The van der Waals surface area contributed by atoms with E-state index in [2.05, 4.69) is 25.4 Å². The van der Waals surface area contributed by atoms with E-state index in [1.165, 1.54) is 0 Å². The number of aromatic nitrogens is 6. The Labute approximate surface area is 162 Å². The third-order valence-corrected chi connectivity index (χ3v) is 4.72. The van der Waals surface area contributed by atoms with Gasteiger partial charge in [-0.05, 0) is 32.9 Å². The first-order valence-electron chi connectivity index (χ1n) is 9.02. The van der Waals surface area contributed by atoms with Gasteiger partial charge in [0.25, 0.3) is 5.91 Å². The molecule has 0 unspecified atom stereocenters. The molecule has 0 fully saturated rings. The summed E-state index contributed by atoms with van der Waals surface area (Å²) < 4.78 is 3.76. The molecule has 0 aliphatic carbocycles. The second kappa shape index (κ2) is 6.88. The van der Waals surface area contributed by atoms with Crippen LogP contribution < -0.4 is 5.32 Å². The van der Waals surface area contributed by atoms with Crippen molar-refractivity contribution in [2.75, 3.05) is 5.32 Å². The van der Waals surface area contributed by atoms with Gasteiger partial charge in [0, 0.05) is 36.4 Å². The Hall–Kier alpha value is -3.55. The van der Waals surface area contributed by atoms with Gasteiger partial charge in [-0.1, -0.05) is 0 Å². The van der Waals surface area contributed by atoms with E-state index in [0.717, 1.165) is 28.0 Å². The number of anilines is 1. The van der Waals surface area contributed by atoms with Gasteiger partial charge >= 0.3 is 0 Å². The molecule has 0 radical (unpaired) electrons. The number of imidazole rings is 1. The van der Waals surface area contributed by atoms with Crippen molar-refractivity contribution in [1.29, 1.82) is 0 Å². The number of carbonyl (C=O) groups excluding carboxylic acids is 1. The summed E-state index contributed by atoms with van der Waals surface area (Å²) in [4.78, 5) is 25.6. The summed E-state index contributed by atoms with van der Waals surface area (Å²) >= 11 is 0. The molecule has 0 aromatic carbocycles. The first-order valence-corrected chi connectivity index (χ1v) is 9.02. The predicted molar refractivity (Wildman–Crippen MR) is 107 cm³/mol. The van der Waals surface area contributed by atoms with E-state index in [1.807, 2.05) is 50.7 Å². The summed E-state index contributed by atoms with van der Waals surface area (Å²) in [6, 6.07) is 4.03. The minimum absolute atomic E-state index is 0.195. The monoisotopic (exact) mass is 375 g/mol. The second-order valence-electron chi connectivity index (χ2n) is 6.99. The standard InChI is InChI=1S/C20H21N7O/c1-12(2)27-11-16(8-24-27)20(28)25-19-6-14-5-15(7-22-17(14)9-23-19)18-10-21-13(3)26(18)4/h5-12H,1-4H3,(H,23,25,28). The summed E-state index contributed by atoms with van der Waals surface area (Å²) in [5.41, 5.74) is 3.19. The zero-order chi connectivity index (χ0) is 19.8. The molecule has 1 N–H and O–H groups in total. The molecule has 4 aromatic rings. The van der Waals surface area contributed by atoms with Crippen molar-refractivity contribution in [2.45, 2.75) is 26.8 Å². The largest absolute Gasteiger partial charge is 0.331 e. The normalized spacial score (nSPS) is 11.3. The van der Waals surface area contributed by atoms with Gasteiger partial charge in [-0.2, -0.15) is 5.10 Å². The highest BCUT2D eigenvalue weighted by Gasteiger charge is 2.12. The summed E-state index contributed by atoms with van der Waals surface area (Å²) in [7, 11) is 1.97. The van der Waals surface area contributed by atoms with Crippen molar-refractivity contribution in [3.8, 4) is 11.3 Å². The topological polar surface area (TPSA) is 90.5 Å². The quantitative estimate of drug-likeness (QED) is 0.591. The zero-order valence-electron chi connectivity index (χ0n) is 16.2. The Kier molecular flexibility index (Phi) is 4.38. The Bertz CT molecular complexity index is 1170. The number of nitrogens with one attached hydrogen (secondary N) is 1. The van der Waals surface area contributed by atoms with Crippen LogP contribution in [0.1, 0.15) is 36.1 Å². The first kappa shape index (κ1) is 17.8. The van der Waals surface area contributed by atoms with Gasteiger partial charge in [0.05, 0.1) is 35.4 Å². The molecule has 0 saturated carbocycles. The third kappa shape index (κ3) is 3.24. The van der Waals surface area contributed by atoms with E-state index in [9.17, 15) is 4.79 Å². The molecule has 0 aliphatic heterocycles. The highest BCUT2D eigenvalue weighted by molar-refractivity contribution is 6.04. The van der Waals surface area contributed by atoms with Crippen molar-refractivity contribution in [1.82, 2.24) is 29.3 Å². The average Bonchev–Trinajstić information content (AvgIpc) is 3.29. The molecule has 4 heterocycles. The van der Waals surface area contributed by atoms with E-state index < -0.39 is 0 Å². The van der Waals surface area contributed by atoms with E-state index in [0.29, 0.717) is 11.4 Å². The molecule has 28 heavy (non-hydrogen) atoms. The maximum absolute atomic E-state index is 12.5. The van der Waals surface area contributed by atoms with Crippen LogP contribution in [0.5, 0.6) is 0 Å². The first-order chi connectivity index (χ1) is 13.4. The maximum Gasteiger partial charge on any atom is 0.260 e. The molecule has 0 aliphatic rings. The van der Waals surface area contributed by atoms with Crippen molar-refractivity contribution < 1.29 is 4.79 Å². The van der Waals surface area contributed by atoms with Gasteiger partial charge in [0.1, 0.15) is 11.6 Å².